The molecule has 182 valence electrons. The number of carbonyl (C=O) groups excluding carboxylic acids is 2. The number of methoxy groups -OCH3 is 1. The van der Waals surface area contributed by atoms with Gasteiger partial charge in [0.05, 0.1) is 31.4 Å². The first-order valence-corrected chi connectivity index (χ1v) is 11.6. The van der Waals surface area contributed by atoms with Gasteiger partial charge in [0.2, 0.25) is 0 Å². The molecule has 1 aliphatic heterocycles. The van der Waals surface area contributed by atoms with Gasteiger partial charge in [-0.25, -0.2) is 0 Å². The average Bonchev–Trinajstić information content (AvgIpc) is 3.07. The Labute approximate surface area is 200 Å². The van der Waals surface area contributed by atoms with Crippen LogP contribution in [0.3, 0.4) is 0 Å². The highest BCUT2D eigenvalue weighted by atomic mass is 16.5. The Balaban J connectivity index is 2.18. The monoisotopic (exact) mass is 467 g/mol. The number of ether oxygens (including phenoxy) is 3. The van der Waals surface area contributed by atoms with Crippen LogP contribution in [0.2, 0.25) is 0 Å². The number of benzene rings is 2. The van der Waals surface area contributed by atoms with Gasteiger partial charge < -0.3 is 24.2 Å². The van der Waals surface area contributed by atoms with Crippen molar-refractivity contribution in [3.05, 3.63) is 64.7 Å². The highest BCUT2D eigenvalue weighted by Crippen LogP contribution is 2.41. The first-order valence-electron chi connectivity index (χ1n) is 11.6. The minimum absolute atomic E-state index is 0.0496. The highest BCUT2D eigenvalue weighted by molar-refractivity contribution is 6.46. The van der Waals surface area contributed by atoms with E-state index in [2.05, 4.69) is 0 Å². The molecule has 34 heavy (non-hydrogen) atoms. The van der Waals surface area contributed by atoms with E-state index in [1.54, 1.807) is 18.2 Å². The summed E-state index contributed by atoms with van der Waals surface area (Å²) in [4.78, 5) is 27.6. The molecule has 1 heterocycles. The van der Waals surface area contributed by atoms with Crippen molar-refractivity contribution in [1.29, 1.82) is 0 Å². The van der Waals surface area contributed by atoms with E-state index < -0.39 is 17.7 Å². The second kappa shape index (κ2) is 11.2. The molecule has 1 saturated heterocycles. The first-order chi connectivity index (χ1) is 16.3. The van der Waals surface area contributed by atoms with Crippen molar-refractivity contribution in [2.75, 3.05) is 33.5 Å². The summed E-state index contributed by atoms with van der Waals surface area (Å²) in [6, 6.07) is 11.8. The summed E-state index contributed by atoms with van der Waals surface area (Å²) in [5.41, 5.74) is 2.10. The smallest absolute Gasteiger partial charge is 0.295 e. The number of aliphatic hydroxyl groups excluding tert-OH is 1. The molecular formula is C27H33NO6. The van der Waals surface area contributed by atoms with Crippen LogP contribution in [0.25, 0.3) is 5.76 Å². The molecule has 0 aliphatic carbocycles. The Kier molecular flexibility index (Phi) is 8.34. The van der Waals surface area contributed by atoms with E-state index in [4.69, 9.17) is 14.2 Å². The number of likely N-dealkylation sites (tertiary alicyclic amines) is 1. The van der Waals surface area contributed by atoms with Crippen LogP contribution in [-0.2, 0) is 14.3 Å². The van der Waals surface area contributed by atoms with Crippen molar-refractivity contribution < 1.29 is 28.9 Å². The van der Waals surface area contributed by atoms with E-state index in [-0.39, 0.29) is 30.4 Å². The number of Topliss-reactive ketones (excluding diaryl/α,β-unsaturated/α-hetero) is 1. The van der Waals surface area contributed by atoms with Crippen molar-refractivity contribution in [3.8, 4) is 11.5 Å². The van der Waals surface area contributed by atoms with E-state index in [0.29, 0.717) is 30.1 Å². The fraction of sp³-hybridized carbons (Fsp3) is 0.407. The molecule has 0 spiro atoms. The fourth-order valence-corrected chi connectivity index (χ4v) is 4.18. The first kappa shape index (κ1) is 25.3. The van der Waals surface area contributed by atoms with Crippen molar-refractivity contribution in [2.24, 2.45) is 0 Å². The molecule has 7 heteroatoms. The van der Waals surface area contributed by atoms with Crippen molar-refractivity contribution >= 4 is 17.4 Å². The number of hydrogen-bond acceptors (Lipinski definition) is 6. The summed E-state index contributed by atoms with van der Waals surface area (Å²) < 4.78 is 16.5. The molecule has 2 aromatic rings. The zero-order valence-corrected chi connectivity index (χ0v) is 20.5. The summed E-state index contributed by atoms with van der Waals surface area (Å²) in [5.74, 6) is -0.107. The number of amides is 1. The molecule has 3 rings (SSSR count). The van der Waals surface area contributed by atoms with E-state index in [0.717, 1.165) is 11.3 Å². The van der Waals surface area contributed by atoms with E-state index in [1.807, 2.05) is 52.0 Å². The number of aliphatic hydroxyl groups is 1. The van der Waals surface area contributed by atoms with Gasteiger partial charge in [0.15, 0.2) is 0 Å². The van der Waals surface area contributed by atoms with Gasteiger partial charge >= 0.3 is 0 Å². The Morgan fingerprint density at radius 1 is 1.06 bits per heavy atom. The normalized spacial score (nSPS) is 17.5. The summed E-state index contributed by atoms with van der Waals surface area (Å²) >= 11 is 0. The molecule has 1 fully saturated rings. The lowest BCUT2D eigenvalue weighted by Crippen LogP contribution is -2.32. The van der Waals surface area contributed by atoms with Gasteiger partial charge in [-0.05, 0) is 61.2 Å². The van der Waals surface area contributed by atoms with Crippen LogP contribution in [0.1, 0.15) is 56.3 Å². The van der Waals surface area contributed by atoms with Gasteiger partial charge in [-0.3, -0.25) is 9.59 Å². The molecule has 1 amide bonds. The van der Waals surface area contributed by atoms with Gasteiger partial charge in [0.25, 0.3) is 11.7 Å². The largest absolute Gasteiger partial charge is 0.507 e. The van der Waals surface area contributed by atoms with Crippen LogP contribution in [0.15, 0.2) is 48.0 Å². The van der Waals surface area contributed by atoms with Gasteiger partial charge in [-0.15, -0.1) is 0 Å². The maximum absolute atomic E-state index is 13.2. The van der Waals surface area contributed by atoms with E-state index in [1.165, 1.54) is 12.0 Å². The molecular weight excluding hydrogens is 434 g/mol. The van der Waals surface area contributed by atoms with Gasteiger partial charge in [-0.2, -0.15) is 0 Å². The molecule has 0 bridgehead atoms. The number of carbonyl (C=O) groups is 2. The van der Waals surface area contributed by atoms with Gasteiger partial charge in [-0.1, -0.05) is 26.0 Å². The van der Waals surface area contributed by atoms with Crippen LogP contribution in [0.4, 0.5) is 0 Å². The maximum atomic E-state index is 13.2. The van der Waals surface area contributed by atoms with Crippen LogP contribution in [-0.4, -0.2) is 55.2 Å². The Morgan fingerprint density at radius 2 is 1.79 bits per heavy atom. The van der Waals surface area contributed by atoms with Gasteiger partial charge in [0.1, 0.15) is 17.3 Å². The number of hydrogen-bond donors (Lipinski definition) is 1. The predicted octanol–water partition coefficient (Wildman–Crippen LogP) is 4.68. The number of ketones is 1. The molecule has 0 saturated carbocycles. The fourth-order valence-electron chi connectivity index (χ4n) is 4.18. The minimum atomic E-state index is -0.760. The second-order valence-corrected chi connectivity index (χ2v) is 8.33. The highest BCUT2D eigenvalue weighted by Gasteiger charge is 2.46. The Hall–Kier alpha value is -3.32. The SMILES string of the molecule is CCOc1cccc(C2/C(=C(\O)c3ccc(OCC)c(C(C)C)c3)C(=O)C(=O)N2CCOC)c1. The zero-order valence-electron chi connectivity index (χ0n) is 20.5. The molecule has 1 N–H and O–H groups in total. The van der Waals surface area contributed by atoms with E-state index >= 15 is 0 Å². The van der Waals surface area contributed by atoms with Crippen LogP contribution < -0.4 is 9.47 Å². The lowest BCUT2D eigenvalue weighted by molar-refractivity contribution is -0.140. The van der Waals surface area contributed by atoms with Gasteiger partial charge in [0, 0.05) is 19.2 Å². The van der Waals surface area contributed by atoms with Crippen molar-refractivity contribution in [2.45, 2.75) is 39.7 Å². The molecule has 0 radical (unpaired) electrons. The van der Waals surface area contributed by atoms with Crippen LogP contribution >= 0.6 is 0 Å². The van der Waals surface area contributed by atoms with Crippen molar-refractivity contribution in [3.63, 3.8) is 0 Å². The minimum Gasteiger partial charge on any atom is -0.507 e. The zero-order chi connectivity index (χ0) is 24.8. The lowest BCUT2D eigenvalue weighted by Gasteiger charge is -2.25. The standard InChI is InChI=1S/C27H33NO6/c1-6-33-20-10-8-9-18(15-20)24-23(26(30)27(31)28(24)13-14-32-5)25(29)19-11-12-22(34-7-2)21(16-19)17(3)4/h8-12,15-17,24,29H,6-7,13-14H2,1-5H3/b25-23+. The maximum Gasteiger partial charge on any atom is 0.295 e. The lowest BCUT2D eigenvalue weighted by atomic mass is 9.93. The third-order valence-corrected chi connectivity index (χ3v) is 5.77. The quantitative estimate of drug-likeness (QED) is 0.310. The van der Waals surface area contributed by atoms with E-state index in [9.17, 15) is 14.7 Å². The molecule has 1 atom stereocenters. The third-order valence-electron chi connectivity index (χ3n) is 5.77. The summed E-state index contributed by atoms with van der Waals surface area (Å²) in [5, 5.41) is 11.4. The molecule has 7 nitrogen and oxygen atoms in total. The molecule has 2 aromatic carbocycles. The summed E-state index contributed by atoms with van der Waals surface area (Å²) in [6.07, 6.45) is 0. The van der Waals surface area contributed by atoms with Crippen molar-refractivity contribution in [1.82, 2.24) is 4.90 Å². The Morgan fingerprint density at radius 3 is 2.44 bits per heavy atom. The average molecular weight is 468 g/mol. The number of rotatable bonds is 10. The summed E-state index contributed by atoms with van der Waals surface area (Å²) in [7, 11) is 1.54. The summed E-state index contributed by atoms with van der Waals surface area (Å²) in [6.45, 7) is 9.33. The number of nitrogens with zero attached hydrogens (tertiary/aromatic N) is 1. The predicted molar refractivity (Wildman–Crippen MR) is 130 cm³/mol. The molecule has 0 aromatic heterocycles. The molecule has 1 unspecified atom stereocenters. The topological polar surface area (TPSA) is 85.3 Å². The Bertz CT molecular complexity index is 1070. The molecule has 1 aliphatic rings. The second-order valence-electron chi connectivity index (χ2n) is 8.33. The van der Waals surface area contributed by atoms with Crippen LogP contribution in [0.5, 0.6) is 11.5 Å². The third kappa shape index (κ3) is 5.09. The van der Waals surface area contributed by atoms with Crippen LogP contribution in [0, 0.1) is 0 Å².